The quantitative estimate of drug-likeness (QED) is 0.197. The molecule has 4 aromatic rings. The summed E-state index contributed by atoms with van der Waals surface area (Å²) in [6.45, 7) is 1.46. The molecule has 0 bridgehead atoms. The van der Waals surface area contributed by atoms with Gasteiger partial charge in [0.25, 0.3) is 5.91 Å². The molecule has 4 N–H and O–H groups in total. The molecule has 0 spiro atoms. The van der Waals surface area contributed by atoms with Crippen molar-refractivity contribution >= 4 is 40.0 Å². The van der Waals surface area contributed by atoms with Crippen LogP contribution in [0.25, 0.3) is 10.9 Å². The monoisotopic (exact) mass is 598 g/mol. The van der Waals surface area contributed by atoms with E-state index in [9.17, 15) is 18.8 Å². The zero-order chi connectivity index (χ0) is 30.7. The van der Waals surface area contributed by atoms with Crippen LogP contribution in [-0.4, -0.2) is 53.9 Å². The van der Waals surface area contributed by atoms with Crippen LogP contribution in [0.4, 0.5) is 15.8 Å². The number of amides is 3. The topological polar surface area (TPSA) is 144 Å². The minimum Gasteiger partial charge on any atom is -0.496 e. The lowest BCUT2D eigenvalue weighted by Crippen LogP contribution is -2.37. The average molecular weight is 599 g/mol. The van der Waals surface area contributed by atoms with Gasteiger partial charge in [-0.25, -0.2) is 14.4 Å². The van der Waals surface area contributed by atoms with Gasteiger partial charge in [0.15, 0.2) is 0 Å². The number of rotatable bonds is 10. The van der Waals surface area contributed by atoms with E-state index in [4.69, 9.17) is 9.47 Å². The normalized spacial score (nSPS) is 16.6. The predicted octanol–water partition coefficient (Wildman–Crippen LogP) is 4.41. The van der Waals surface area contributed by atoms with Gasteiger partial charge in [0, 0.05) is 30.0 Å². The van der Waals surface area contributed by atoms with Gasteiger partial charge < -0.3 is 30.7 Å². The number of carbonyl (C=O) groups is 3. The lowest BCUT2D eigenvalue weighted by Gasteiger charge is -2.16. The van der Waals surface area contributed by atoms with Gasteiger partial charge in [0.05, 0.1) is 23.6 Å². The van der Waals surface area contributed by atoms with Crippen molar-refractivity contribution in [1.29, 1.82) is 0 Å². The molecule has 1 aromatic heterocycles. The van der Waals surface area contributed by atoms with Crippen molar-refractivity contribution in [3.05, 3.63) is 78.4 Å². The van der Waals surface area contributed by atoms with Crippen LogP contribution in [0.1, 0.15) is 36.0 Å². The zero-order valence-electron chi connectivity index (χ0n) is 24.0. The van der Waals surface area contributed by atoms with Gasteiger partial charge in [-0.3, -0.25) is 14.4 Å². The number of ether oxygens (including phenoxy) is 2. The number of fused-ring (bicyclic) bond motifs is 1. The van der Waals surface area contributed by atoms with E-state index in [1.807, 2.05) is 0 Å². The molecule has 1 aliphatic carbocycles. The number of hydrogen-bond acceptors (Lipinski definition) is 8. The summed E-state index contributed by atoms with van der Waals surface area (Å²) in [5.74, 6) is -0.468. The summed E-state index contributed by atoms with van der Waals surface area (Å²) in [5, 5.41) is 12.4. The maximum Gasteiger partial charge on any atom is 0.255 e. The minimum absolute atomic E-state index is 0.244. The lowest BCUT2D eigenvalue weighted by atomic mass is 10.0. The van der Waals surface area contributed by atoms with Crippen LogP contribution in [0.15, 0.2) is 67.0 Å². The highest BCUT2D eigenvalue weighted by molar-refractivity contribution is 6.17. The first-order valence-corrected chi connectivity index (χ1v) is 14.4. The van der Waals surface area contributed by atoms with Gasteiger partial charge >= 0.3 is 0 Å². The molecule has 226 valence electrons. The maximum atomic E-state index is 13.2. The Hall–Kier alpha value is -5.10. The molecule has 11 nitrogen and oxygen atoms in total. The van der Waals surface area contributed by atoms with Crippen LogP contribution >= 0.6 is 0 Å². The minimum atomic E-state index is -1.18. The van der Waals surface area contributed by atoms with Crippen molar-refractivity contribution in [3.8, 4) is 17.4 Å². The molecule has 2 heterocycles. The van der Waals surface area contributed by atoms with E-state index in [0.717, 1.165) is 19.4 Å². The number of nitrogens with zero attached hydrogens (tertiary/aromatic N) is 2. The number of benzene rings is 3. The van der Waals surface area contributed by atoms with E-state index in [1.54, 1.807) is 36.4 Å². The summed E-state index contributed by atoms with van der Waals surface area (Å²) in [6.07, 6.45) is 4.29. The second kappa shape index (κ2) is 12.3. The van der Waals surface area contributed by atoms with Crippen molar-refractivity contribution in [2.75, 3.05) is 30.8 Å². The van der Waals surface area contributed by atoms with Crippen LogP contribution in [0, 0.1) is 11.2 Å². The Morgan fingerprint density at radius 3 is 2.27 bits per heavy atom. The summed E-state index contributed by atoms with van der Waals surface area (Å²) in [6, 6.07) is 15.6. The Labute approximate surface area is 252 Å². The lowest BCUT2D eigenvalue weighted by molar-refractivity contribution is -0.131. The summed E-state index contributed by atoms with van der Waals surface area (Å²) in [4.78, 5) is 47.6. The number of hydrogen-bond donors (Lipinski definition) is 4. The molecule has 0 unspecified atom stereocenters. The molecular weight excluding hydrogens is 567 g/mol. The fraction of sp³-hybridized carbons (Fsp3) is 0.281. The fourth-order valence-electron chi connectivity index (χ4n) is 5.16. The van der Waals surface area contributed by atoms with Crippen LogP contribution < -0.4 is 30.7 Å². The van der Waals surface area contributed by atoms with Crippen molar-refractivity contribution in [2.45, 2.75) is 31.7 Å². The summed E-state index contributed by atoms with van der Waals surface area (Å²) >= 11 is 0. The molecule has 44 heavy (non-hydrogen) atoms. The molecule has 1 atom stereocenters. The zero-order valence-corrected chi connectivity index (χ0v) is 24.0. The first-order chi connectivity index (χ1) is 21.3. The molecule has 1 aliphatic heterocycles. The Bertz CT molecular complexity index is 1700. The molecule has 3 amide bonds. The van der Waals surface area contributed by atoms with E-state index >= 15 is 0 Å². The molecule has 6 rings (SSSR count). The number of nitrogens with one attached hydrogen (secondary N) is 4. The number of carbonyl (C=O) groups excluding carboxylic acids is 3. The predicted molar refractivity (Wildman–Crippen MR) is 161 cm³/mol. The van der Waals surface area contributed by atoms with Crippen molar-refractivity contribution in [3.63, 3.8) is 0 Å². The van der Waals surface area contributed by atoms with E-state index < -0.39 is 23.0 Å². The maximum absolute atomic E-state index is 13.2. The van der Waals surface area contributed by atoms with Crippen LogP contribution in [0.5, 0.6) is 17.4 Å². The van der Waals surface area contributed by atoms with Gasteiger partial charge in [0.1, 0.15) is 29.1 Å². The highest BCUT2D eigenvalue weighted by Crippen LogP contribution is 2.47. The number of methoxy groups -OCH3 is 1. The molecule has 12 heteroatoms. The number of halogens is 1. The van der Waals surface area contributed by atoms with Gasteiger partial charge in [-0.1, -0.05) is 0 Å². The largest absolute Gasteiger partial charge is 0.496 e. The summed E-state index contributed by atoms with van der Waals surface area (Å²) in [5.41, 5.74) is 0.604. The second-order valence-electron chi connectivity index (χ2n) is 10.9. The first kappa shape index (κ1) is 29.0. The van der Waals surface area contributed by atoms with E-state index in [2.05, 4.69) is 31.2 Å². The molecule has 1 saturated carbocycles. The number of anilines is 2. The molecule has 0 radical (unpaired) electrons. The van der Waals surface area contributed by atoms with Crippen molar-refractivity contribution < 1.29 is 28.2 Å². The van der Waals surface area contributed by atoms with Crippen molar-refractivity contribution in [1.82, 2.24) is 20.6 Å². The summed E-state index contributed by atoms with van der Waals surface area (Å²) in [7, 11) is 1.50. The Morgan fingerprint density at radius 1 is 0.977 bits per heavy atom. The van der Waals surface area contributed by atoms with Crippen LogP contribution in [-0.2, 0) is 9.59 Å². The molecule has 2 aliphatic rings. The van der Waals surface area contributed by atoms with Gasteiger partial charge in [-0.05, 0) is 86.8 Å². The van der Waals surface area contributed by atoms with E-state index in [-0.39, 0.29) is 17.8 Å². The van der Waals surface area contributed by atoms with Gasteiger partial charge in [0.2, 0.25) is 17.7 Å². The molecule has 3 aromatic carbocycles. The second-order valence-corrected chi connectivity index (χ2v) is 10.9. The Kier molecular flexibility index (Phi) is 8.07. The number of aromatic nitrogens is 2. The van der Waals surface area contributed by atoms with Crippen molar-refractivity contribution in [2.24, 2.45) is 5.41 Å². The van der Waals surface area contributed by atoms with E-state index in [1.165, 1.54) is 37.7 Å². The van der Waals surface area contributed by atoms with Crippen LogP contribution in [0.2, 0.25) is 0 Å². The molecule has 1 saturated heterocycles. The highest BCUT2D eigenvalue weighted by atomic mass is 19.1. The summed E-state index contributed by atoms with van der Waals surface area (Å²) < 4.78 is 24.7. The smallest absolute Gasteiger partial charge is 0.255 e. The third-order valence-electron chi connectivity index (χ3n) is 7.88. The molecular formula is C32H31FN6O5. The van der Waals surface area contributed by atoms with Crippen LogP contribution in [0.3, 0.4) is 0 Å². The fourth-order valence-corrected chi connectivity index (χ4v) is 5.16. The Balaban J connectivity index is 1.13. The van der Waals surface area contributed by atoms with Gasteiger partial charge in [-0.15, -0.1) is 0 Å². The average Bonchev–Trinajstić information content (AvgIpc) is 3.70. The van der Waals surface area contributed by atoms with E-state index in [0.29, 0.717) is 58.7 Å². The third kappa shape index (κ3) is 6.16. The first-order valence-electron chi connectivity index (χ1n) is 14.4. The highest BCUT2D eigenvalue weighted by Gasteiger charge is 2.56. The SMILES string of the molecule is COc1cc2ncnc(Oc3ccc(NC(=O)C4(C(=O)Nc5ccc(F)cc5)CC4)cc3)c2cc1C(=O)NC[C@@H]1CCCN1. The third-order valence-corrected chi connectivity index (χ3v) is 7.88. The standard InChI is InChI=1S/C32H31FN6O5/c1-43-27-16-26-24(15-25(27)28(40)35-17-22-3-2-14-34-22)29(37-18-36-26)44-23-10-8-21(9-11-23)39-31(42)32(12-13-32)30(41)38-20-6-4-19(33)5-7-20/h4-11,15-16,18,22,34H,2-3,12-14,17H2,1H3,(H,35,40)(H,38,41)(H,39,42)/t22-/m0/s1. The van der Waals surface area contributed by atoms with Gasteiger partial charge in [-0.2, -0.15) is 0 Å². The Morgan fingerprint density at radius 2 is 1.66 bits per heavy atom. The molecule has 2 fully saturated rings.